The minimum atomic E-state index is -0.375. The van der Waals surface area contributed by atoms with E-state index in [0.717, 1.165) is 42.9 Å². The van der Waals surface area contributed by atoms with Crippen LogP contribution in [-0.2, 0) is 0 Å². The van der Waals surface area contributed by atoms with Gasteiger partial charge in [0, 0.05) is 11.8 Å². The van der Waals surface area contributed by atoms with Crippen molar-refractivity contribution in [3.8, 4) is 23.1 Å². The Balaban J connectivity index is 0.00000289. The molecule has 1 aliphatic heterocycles. The second-order valence-electron chi connectivity index (χ2n) is 8.95. The van der Waals surface area contributed by atoms with Gasteiger partial charge in [0.15, 0.2) is 0 Å². The van der Waals surface area contributed by atoms with Crippen molar-refractivity contribution in [2.75, 3.05) is 13.1 Å². The molecule has 1 fully saturated rings. The molecular weight excluding hydrogens is 468 g/mol. The lowest BCUT2D eigenvalue weighted by Crippen LogP contribution is -2.30. The Morgan fingerprint density at radius 2 is 1.94 bits per heavy atom. The Labute approximate surface area is 209 Å². The number of piperidine rings is 1. The average Bonchev–Trinajstić information content (AvgIpc) is 3.57. The van der Waals surface area contributed by atoms with Gasteiger partial charge in [-0.3, -0.25) is 0 Å². The molecule has 0 saturated carbocycles. The van der Waals surface area contributed by atoms with Crippen LogP contribution in [0.25, 0.3) is 16.8 Å². The van der Waals surface area contributed by atoms with Crippen LogP contribution in [-0.4, -0.2) is 52.7 Å². The Hall–Kier alpha value is -3.49. The molecule has 0 radical (unpaired) electrons. The van der Waals surface area contributed by atoms with Crippen LogP contribution in [0.4, 0.5) is 0 Å². The van der Waals surface area contributed by atoms with Crippen LogP contribution in [0.2, 0.25) is 0 Å². The standard InChI is InChI=1S/C23H28N10O.ClH/c1-14(2)33-27-12-20(29-33)16(4)34-21-9-17(13-31-23(21)18(10-24)11-26-31)22-15(3)32(30-28-22)19-5-7-25-8-6-19;/h9,11-14,16,19,25H,5-8H2,1-4H3;1H. The number of nitrogens with one attached hydrogen (secondary N) is 1. The summed E-state index contributed by atoms with van der Waals surface area (Å²) in [5.74, 6) is 0.536. The van der Waals surface area contributed by atoms with Crippen LogP contribution in [0.15, 0.2) is 24.7 Å². The number of hydrogen-bond acceptors (Lipinski definition) is 8. The second-order valence-corrected chi connectivity index (χ2v) is 8.95. The van der Waals surface area contributed by atoms with Gasteiger partial charge in [-0.15, -0.1) is 17.5 Å². The van der Waals surface area contributed by atoms with Gasteiger partial charge in [0.05, 0.1) is 30.2 Å². The van der Waals surface area contributed by atoms with E-state index in [4.69, 9.17) is 4.74 Å². The molecule has 0 aliphatic carbocycles. The third-order valence-corrected chi connectivity index (χ3v) is 6.26. The normalized spacial score (nSPS) is 15.2. The van der Waals surface area contributed by atoms with E-state index in [2.05, 4.69) is 37.0 Å². The molecule has 1 aliphatic rings. The molecule has 0 amide bonds. The van der Waals surface area contributed by atoms with Crippen LogP contribution >= 0.6 is 12.4 Å². The Kier molecular flexibility index (Phi) is 7.05. The highest BCUT2D eigenvalue weighted by atomic mass is 35.5. The van der Waals surface area contributed by atoms with Gasteiger partial charge in [0.2, 0.25) is 0 Å². The molecular formula is C23H29ClN10O. The maximum absolute atomic E-state index is 9.63. The number of aromatic nitrogens is 8. The zero-order valence-corrected chi connectivity index (χ0v) is 21.0. The number of nitriles is 1. The van der Waals surface area contributed by atoms with E-state index in [1.807, 2.05) is 44.6 Å². The van der Waals surface area contributed by atoms with Crippen molar-refractivity contribution >= 4 is 17.9 Å². The molecule has 184 valence electrons. The van der Waals surface area contributed by atoms with Gasteiger partial charge < -0.3 is 10.1 Å². The molecule has 35 heavy (non-hydrogen) atoms. The molecule has 5 rings (SSSR count). The molecule has 11 nitrogen and oxygen atoms in total. The fourth-order valence-electron chi connectivity index (χ4n) is 4.37. The number of halogens is 1. The van der Waals surface area contributed by atoms with E-state index in [9.17, 15) is 5.26 Å². The van der Waals surface area contributed by atoms with Gasteiger partial charge in [-0.05, 0) is 59.7 Å². The fraction of sp³-hybridized carbons (Fsp3) is 0.478. The largest absolute Gasteiger partial charge is 0.482 e. The number of fused-ring (bicyclic) bond motifs is 1. The maximum Gasteiger partial charge on any atom is 0.148 e. The van der Waals surface area contributed by atoms with Crippen LogP contribution in [0.5, 0.6) is 5.75 Å². The first-order chi connectivity index (χ1) is 16.5. The minimum absolute atomic E-state index is 0. The highest BCUT2D eigenvalue weighted by Crippen LogP contribution is 2.34. The van der Waals surface area contributed by atoms with Gasteiger partial charge in [-0.1, -0.05) is 5.21 Å². The van der Waals surface area contributed by atoms with E-state index < -0.39 is 0 Å². The first-order valence-corrected chi connectivity index (χ1v) is 11.6. The fourth-order valence-corrected chi connectivity index (χ4v) is 4.37. The van der Waals surface area contributed by atoms with E-state index in [0.29, 0.717) is 28.6 Å². The van der Waals surface area contributed by atoms with Gasteiger partial charge in [-0.2, -0.15) is 25.4 Å². The Morgan fingerprint density at radius 3 is 2.63 bits per heavy atom. The molecule has 0 aromatic carbocycles. The highest BCUT2D eigenvalue weighted by Gasteiger charge is 2.23. The first kappa shape index (κ1) is 24.6. The second kappa shape index (κ2) is 10.0. The zero-order chi connectivity index (χ0) is 23.8. The van der Waals surface area contributed by atoms with Gasteiger partial charge in [-0.25, -0.2) is 9.20 Å². The third kappa shape index (κ3) is 4.59. The summed E-state index contributed by atoms with van der Waals surface area (Å²) in [6.45, 7) is 9.96. The van der Waals surface area contributed by atoms with Gasteiger partial charge in [0.1, 0.15) is 40.4 Å². The van der Waals surface area contributed by atoms with Crippen molar-refractivity contribution in [2.45, 2.75) is 58.7 Å². The SMILES string of the molecule is Cc1c(-c2cc(OC(C)c3cnn(C(C)C)n3)c3c(C#N)cnn3c2)nnn1C1CCNCC1.Cl. The summed E-state index contributed by atoms with van der Waals surface area (Å²) in [6.07, 6.45) is 6.80. The maximum atomic E-state index is 9.63. The van der Waals surface area contributed by atoms with E-state index in [-0.39, 0.29) is 24.6 Å². The summed E-state index contributed by atoms with van der Waals surface area (Å²) in [6, 6.07) is 4.60. The van der Waals surface area contributed by atoms with Gasteiger partial charge >= 0.3 is 0 Å². The predicted octanol–water partition coefficient (Wildman–Crippen LogP) is 3.43. The quantitative estimate of drug-likeness (QED) is 0.430. The highest BCUT2D eigenvalue weighted by molar-refractivity contribution is 5.85. The monoisotopic (exact) mass is 496 g/mol. The van der Waals surface area contributed by atoms with Gasteiger partial charge in [0.25, 0.3) is 0 Å². The van der Waals surface area contributed by atoms with Crippen molar-refractivity contribution in [1.82, 2.24) is 44.9 Å². The smallest absolute Gasteiger partial charge is 0.148 e. The van der Waals surface area contributed by atoms with Crippen molar-refractivity contribution < 1.29 is 4.74 Å². The number of pyridine rings is 1. The van der Waals surface area contributed by atoms with E-state index in [1.165, 1.54) is 0 Å². The topological polar surface area (TPSA) is 124 Å². The molecule has 0 bridgehead atoms. The third-order valence-electron chi connectivity index (χ3n) is 6.26. The first-order valence-electron chi connectivity index (χ1n) is 11.6. The Morgan fingerprint density at radius 1 is 1.17 bits per heavy atom. The van der Waals surface area contributed by atoms with Crippen LogP contribution in [0.1, 0.15) is 68.8 Å². The summed E-state index contributed by atoms with van der Waals surface area (Å²) in [5.41, 5.74) is 4.36. The lowest BCUT2D eigenvalue weighted by atomic mass is 10.1. The molecule has 5 heterocycles. The minimum Gasteiger partial charge on any atom is -0.482 e. The molecule has 12 heteroatoms. The molecule has 1 N–H and O–H groups in total. The van der Waals surface area contributed by atoms with Crippen LogP contribution < -0.4 is 10.1 Å². The molecule has 4 aromatic rings. The summed E-state index contributed by atoms with van der Waals surface area (Å²) in [4.78, 5) is 1.66. The molecule has 1 atom stereocenters. The number of ether oxygens (including phenoxy) is 1. The average molecular weight is 497 g/mol. The van der Waals surface area contributed by atoms with E-state index >= 15 is 0 Å². The lowest BCUT2D eigenvalue weighted by Gasteiger charge is -2.23. The molecule has 1 saturated heterocycles. The zero-order valence-electron chi connectivity index (χ0n) is 20.2. The number of rotatable bonds is 6. The Bertz CT molecular complexity index is 1360. The van der Waals surface area contributed by atoms with Crippen molar-refractivity contribution in [2.24, 2.45) is 0 Å². The summed E-state index contributed by atoms with van der Waals surface area (Å²) < 4.78 is 10.0. The van der Waals surface area contributed by atoms with Crippen LogP contribution in [0.3, 0.4) is 0 Å². The summed E-state index contributed by atoms with van der Waals surface area (Å²) in [7, 11) is 0. The van der Waals surface area contributed by atoms with E-state index in [1.54, 1.807) is 21.7 Å². The number of hydrogen-bond donors (Lipinski definition) is 1. The summed E-state index contributed by atoms with van der Waals surface area (Å²) in [5, 5.41) is 35.2. The van der Waals surface area contributed by atoms with Crippen molar-refractivity contribution in [3.05, 3.63) is 41.6 Å². The van der Waals surface area contributed by atoms with Crippen LogP contribution in [0, 0.1) is 18.3 Å². The summed E-state index contributed by atoms with van der Waals surface area (Å²) >= 11 is 0. The molecule has 0 spiro atoms. The van der Waals surface area contributed by atoms with Crippen molar-refractivity contribution in [1.29, 1.82) is 5.26 Å². The number of nitrogens with zero attached hydrogens (tertiary/aromatic N) is 9. The lowest BCUT2D eigenvalue weighted by molar-refractivity contribution is 0.222. The molecule has 1 unspecified atom stereocenters. The molecule has 4 aromatic heterocycles. The predicted molar refractivity (Wildman–Crippen MR) is 131 cm³/mol. The van der Waals surface area contributed by atoms with Crippen molar-refractivity contribution in [3.63, 3.8) is 0 Å².